The van der Waals surface area contributed by atoms with E-state index in [-0.39, 0.29) is 13.1 Å². The van der Waals surface area contributed by atoms with E-state index in [2.05, 4.69) is 10.6 Å². The molecule has 0 radical (unpaired) electrons. The summed E-state index contributed by atoms with van der Waals surface area (Å²) in [4.78, 5) is 10.0. The first-order valence-electron chi connectivity index (χ1n) is 3.15. The summed E-state index contributed by atoms with van der Waals surface area (Å²) in [6, 6.07) is -0.649. The standard InChI is InChI=1S/C5H11F2N3O/c6-4(7)3-9-1-2-10-5(8)11/h4,9H,1-3H2,(H3,8,10,11). The first-order chi connectivity index (χ1) is 5.13. The fraction of sp³-hybridized carbons (Fsp3) is 0.800. The fourth-order valence-electron chi connectivity index (χ4n) is 0.485. The molecule has 2 amide bonds. The van der Waals surface area contributed by atoms with Gasteiger partial charge in [0.25, 0.3) is 6.43 Å². The number of halogens is 2. The third kappa shape index (κ3) is 9.09. The van der Waals surface area contributed by atoms with Crippen molar-refractivity contribution in [1.82, 2.24) is 10.6 Å². The molecule has 0 aromatic heterocycles. The third-order valence-corrected chi connectivity index (χ3v) is 0.900. The summed E-state index contributed by atoms with van der Waals surface area (Å²) in [6.45, 7) is 0.204. The summed E-state index contributed by atoms with van der Waals surface area (Å²) in [5.74, 6) is 0. The normalized spacial score (nSPS) is 10.1. The molecule has 66 valence electrons. The SMILES string of the molecule is NC(=O)NCCNCC(F)F. The second kappa shape index (κ2) is 5.84. The van der Waals surface area contributed by atoms with Crippen molar-refractivity contribution in [3.05, 3.63) is 0 Å². The highest BCUT2D eigenvalue weighted by Gasteiger charge is 1.99. The number of nitrogens with one attached hydrogen (secondary N) is 2. The maximum atomic E-state index is 11.4. The molecule has 0 atom stereocenters. The zero-order valence-corrected chi connectivity index (χ0v) is 5.94. The van der Waals surface area contributed by atoms with Crippen LogP contribution >= 0.6 is 0 Å². The van der Waals surface area contributed by atoms with E-state index in [1.807, 2.05) is 0 Å². The number of amides is 2. The van der Waals surface area contributed by atoms with Crippen LogP contribution in [0.3, 0.4) is 0 Å². The van der Waals surface area contributed by atoms with Crippen LogP contribution in [0.15, 0.2) is 0 Å². The van der Waals surface area contributed by atoms with Crippen molar-refractivity contribution in [2.24, 2.45) is 5.73 Å². The number of urea groups is 1. The minimum Gasteiger partial charge on any atom is -0.352 e. The second-order valence-electron chi connectivity index (χ2n) is 1.89. The van der Waals surface area contributed by atoms with Gasteiger partial charge in [0, 0.05) is 13.1 Å². The minimum atomic E-state index is -2.36. The Bertz CT molecular complexity index is 120. The lowest BCUT2D eigenvalue weighted by Gasteiger charge is -2.03. The Morgan fingerprint density at radius 2 is 2.09 bits per heavy atom. The van der Waals surface area contributed by atoms with E-state index >= 15 is 0 Å². The molecule has 0 rings (SSSR count). The zero-order chi connectivity index (χ0) is 8.69. The van der Waals surface area contributed by atoms with Crippen LogP contribution in [0.25, 0.3) is 0 Å². The molecule has 0 fully saturated rings. The van der Waals surface area contributed by atoms with Gasteiger partial charge in [-0.05, 0) is 0 Å². The van der Waals surface area contributed by atoms with Gasteiger partial charge in [0.2, 0.25) is 0 Å². The predicted molar refractivity (Wildman–Crippen MR) is 36.5 cm³/mol. The van der Waals surface area contributed by atoms with E-state index in [0.29, 0.717) is 6.54 Å². The highest BCUT2D eigenvalue weighted by atomic mass is 19.3. The number of rotatable bonds is 5. The molecule has 0 aromatic carbocycles. The molecule has 11 heavy (non-hydrogen) atoms. The lowest BCUT2D eigenvalue weighted by Crippen LogP contribution is -2.36. The molecule has 0 saturated carbocycles. The molecular formula is C5H11F2N3O. The van der Waals surface area contributed by atoms with Crippen molar-refractivity contribution >= 4 is 6.03 Å². The first-order valence-corrected chi connectivity index (χ1v) is 3.15. The van der Waals surface area contributed by atoms with E-state index < -0.39 is 12.5 Å². The second-order valence-corrected chi connectivity index (χ2v) is 1.89. The number of carbonyl (C=O) groups excluding carboxylic acids is 1. The van der Waals surface area contributed by atoms with Crippen LogP contribution in [0.2, 0.25) is 0 Å². The quantitative estimate of drug-likeness (QED) is 0.484. The van der Waals surface area contributed by atoms with Gasteiger partial charge in [0.05, 0.1) is 6.54 Å². The highest BCUT2D eigenvalue weighted by molar-refractivity contribution is 5.71. The molecule has 0 spiro atoms. The molecule has 0 aliphatic rings. The smallest absolute Gasteiger partial charge is 0.312 e. The summed E-state index contributed by atoms with van der Waals surface area (Å²) in [6.07, 6.45) is -2.36. The Hall–Kier alpha value is -0.910. The number of primary amides is 1. The van der Waals surface area contributed by atoms with Gasteiger partial charge in [-0.2, -0.15) is 0 Å². The van der Waals surface area contributed by atoms with E-state index in [4.69, 9.17) is 5.73 Å². The van der Waals surface area contributed by atoms with Gasteiger partial charge < -0.3 is 16.4 Å². The number of hydrogen-bond donors (Lipinski definition) is 3. The Kier molecular flexibility index (Phi) is 5.36. The molecule has 0 aromatic rings. The van der Waals surface area contributed by atoms with E-state index in [1.165, 1.54) is 0 Å². The van der Waals surface area contributed by atoms with Gasteiger partial charge in [-0.3, -0.25) is 0 Å². The topological polar surface area (TPSA) is 67.2 Å². The van der Waals surface area contributed by atoms with Crippen molar-refractivity contribution in [2.75, 3.05) is 19.6 Å². The van der Waals surface area contributed by atoms with Crippen molar-refractivity contribution < 1.29 is 13.6 Å². The molecule has 0 unspecified atom stereocenters. The van der Waals surface area contributed by atoms with Crippen LogP contribution in [0, 0.1) is 0 Å². The first kappa shape index (κ1) is 10.1. The van der Waals surface area contributed by atoms with Crippen molar-refractivity contribution in [3.8, 4) is 0 Å². The fourth-order valence-corrected chi connectivity index (χ4v) is 0.485. The average Bonchev–Trinajstić information content (AvgIpc) is 1.85. The number of hydrogen-bond acceptors (Lipinski definition) is 2. The summed E-state index contributed by atoms with van der Waals surface area (Å²) < 4.78 is 22.9. The molecule has 0 aliphatic carbocycles. The lowest BCUT2D eigenvalue weighted by molar-refractivity contribution is 0.146. The van der Waals surface area contributed by atoms with Gasteiger partial charge in [-0.25, -0.2) is 13.6 Å². The largest absolute Gasteiger partial charge is 0.352 e. The predicted octanol–water partition coefficient (Wildman–Crippen LogP) is -0.491. The maximum absolute atomic E-state index is 11.4. The van der Waals surface area contributed by atoms with Crippen molar-refractivity contribution in [1.29, 1.82) is 0 Å². The molecule has 0 heterocycles. The zero-order valence-electron chi connectivity index (χ0n) is 5.94. The minimum absolute atomic E-state index is 0.266. The number of carbonyl (C=O) groups is 1. The van der Waals surface area contributed by atoms with Crippen LogP contribution in [-0.4, -0.2) is 32.1 Å². The van der Waals surface area contributed by atoms with Crippen LogP contribution in [-0.2, 0) is 0 Å². The Morgan fingerprint density at radius 3 is 2.55 bits per heavy atom. The molecule has 4 nitrogen and oxygen atoms in total. The molecular weight excluding hydrogens is 156 g/mol. The van der Waals surface area contributed by atoms with E-state index in [0.717, 1.165) is 0 Å². The average molecular weight is 167 g/mol. The van der Waals surface area contributed by atoms with Crippen LogP contribution in [0.5, 0.6) is 0 Å². The molecule has 0 saturated heterocycles. The van der Waals surface area contributed by atoms with Gasteiger partial charge in [0.1, 0.15) is 0 Å². The number of alkyl halides is 2. The Morgan fingerprint density at radius 1 is 1.45 bits per heavy atom. The van der Waals surface area contributed by atoms with E-state index in [1.54, 1.807) is 0 Å². The Labute approximate surface area is 63.1 Å². The van der Waals surface area contributed by atoms with Gasteiger partial charge in [-0.15, -0.1) is 0 Å². The summed E-state index contributed by atoms with van der Waals surface area (Å²) in [5.41, 5.74) is 4.71. The van der Waals surface area contributed by atoms with Crippen molar-refractivity contribution in [2.45, 2.75) is 6.43 Å². The maximum Gasteiger partial charge on any atom is 0.312 e. The summed E-state index contributed by atoms with van der Waals surface area (Å²) in [7, 11) is 0. The molecule has 0 aliphatic heterocycles. The molecule has 0 bridgehead atoms. The van der Waals surface area contributed by atoms with Gasteiger partial charge in [0.15, 0.2) is 0 Å². The van der Waals surface area contributed by atoms with Crippen LogP contribution in [0.4, 0.5) is 13.6 Å². The molecule has 4 N–H and O–H groups in total. The Balaban J connectivity index is 2.97. The van der Waals surface area contributed by atoms with Gasteiger partial charge >= 0.3 is 6.03 Å². The summed E-state index contributed by atoms with van der Waals surface area (Å²) >= 11 is 0. The lowest BCUT2D eigenvalue weighted by atomic mass is 10.6. The van der Waals surface area contributed by atoms with Crippen LogP contribution < -0.4 is 16.4 Å². The number of nitrogens with two attached hydrogens (primary N) is 1. The van der Waals surface area contributed by atoms with Crippen molar-refractivity contribution in [3.63, 3.8) is 0 Å². The molecule has 6 heteroatoms. The summed E-state index contributed by atoms with van der Waals surface area (Å²) in [5, 5.41) is 4.67. The third-order valence-electron chi connectivity index (χ3n) is 0.900. The highest BCUT2D eigenvalue weighted by Crippen LogP contribution is 1.86. The monoisotopic (exact) mass is 167 g/mol. The van der Waals surface area contributed by atoms with Crippen LogP contribution in [0.1, 0.15) is 0 Å². The van der Waals surface area contributed by atoms with Gasteiger partial charge in [-0.1, -0.05) is 0 Å². The van der Waals surface area contributed by atoms with E-state index in [9.17, 15) is 13.6 Å².